The number of nitrogens with one attached hydrogen (secondary N) is 2. The average molecular weight is 524 g/mol. The Labute approximate surface area is 215 Å². The van der Waals surface area contributed by atoms with Gasteiger partial charge in [0.25, 0.3) is 0 Å². The first-order valence-corrected chi connectivity index (χ1v) is 13.4. The van der Waals surface area contributed by atoms with Crippen LogP contribution in [0.5, 0.6) is 0 Å². The molecule has 0 aromatic carbocycles. The number of pyridine rings is 1. The van der Waals surface area contributed by atoms with Crippen molar-refractivity contribution in [2.24, 2.45) is 5.92 Å². The molecule has 0 radical (unpaired) electrons. The highest BCUT2D eigenvalue weighted by molar-refractivity contribution is 7.15. The highest BCUT2D eigenvalue weighted by Crippen LogP contribution is 2.41. The quantitative estimate of drug-likeness (QED) is 0.323. The summed E-state index contributed by atoms with van der Waals surface area (Å²) in [5, 5.41) is 29.6. The molecule has 1 aliphatic rings. The fourth-order valence-electron chi connectivity index (χ4n) is 4.23. The van der Waals surface area contributed by atoms with Gasteiger partial charge < -0.3 is 10.6 Å². The molecular weight excluding hydrogens is 498 g/mol. The Balaban J connectivity index is 1.07. The number of rotatable bonds is 10. The summed E-state index contributed by atoms with van der Waals surface area (Å²) in [5.74, 6) is 0.537. The molecule has 36 heavy (non-hydrogen) atoms. The Morgan fingerprint density at radius 1 is 0.972 bits per heavy atom. The third kappa shape index (κ3) is 6.55. The van der Waals surface area contributed by atoms with E-state index in [1.54, 1.807) is 17.1 Å². The van der Waals surface area contributed by atoms with E-state index in [-0.39, 0.29) is 18.2 Å². The highest BCUT2D eigenvalue weighted by Gasteiger charge is 2.29. The molecule has 4 aromatic rings. The van der Waals surface area contributed by atoms with Gasteiger partial charge in [-0.05, 0) is 43.4 Å². The van der Waals surface area contributed by atoms with E-state index in [2.05, 4.69) is 41.1 Å². The van der Waals surface area contributed by atoms with Crippen LogP contribution < -0.4 is 10.6 Å². The number of nitrogens with zero attached hydrogens (tertiary/aromatic N) is 7. The van der Waals surface area contributed by atoms with Crippen molar-refractivity contribution in [1.29, 1.82) is 0 Å². The summed E-state index contributed by atoms with van der Waals surface area (Å²) in [6.07, 6.45) is 9.62. The maximum atomic E-state index is 12.3. The van der Waals surface area contributed by atoms with Crippen LogP contribution in [-0.2, 0) is 29.0 Å². The number of carbonyl (C=O) groups excluding carboxylic acids is 2. The average Bonchev–Trinajstić information content (AvgIpc) is 3.67. The molecule has 0 aliphatic heterocycles. The molecule has 2 N–H and O–H groups in total. The van der Waals surface area contributed by atoms with Gasteiger partial charge in [0, 0.05) is 49.6 Å². The van der Waals surface area contributed by atoms with Crippen molar-refractivity contribution in [3.63, 3.8) is 0 Å². The first-order chi connectivity index (χ1) is 17.6. The Morgan fingerprint density at radius 2 is 1.83 bits per heavy atom. The molecule has 0 bridgehead atoms. The van der Waals surface area contributed by atoms with Crippen LogP contribution >= 0.6 is 22.7 Å². The van der Waals surface area contributed by atoms with Gasteiger partial charge in [-0.1, -0.05) is 28.7 Å². The number of carbonyl (C=O) groups is 2. The van der Waals surface area contributed by atoms with Crippen LogP contribution in [0.4, 0.5) is 10.3 Å². The van der Waals surface area contributed by atoms with E-state index < -0.39 is 0 Å². The van der Waals surface area contributed by atoms with Gasteiger partial charge in [-0.2, -0.15) is 5.10 Å². The van der Waals surface area contributed by atoms with Crippen LogP contribution in [-0.4, -0.2) is 47.0 Å². The zero-order valence-electron chi connectivity index (χ0n) is 19.4. The van der Waals surface area contributed by atoms with Crippen molar-refractivity contribution in [3.8, 4) is 0 Å². The maximum Gasteiger partial charge on any atom is 0.232 e. The molecule has 1 fully saturated rings. The molecule has 4 aromatic heterocycles. The van der Waals surface area contributed by atoms with Gasteiger partial charge >= 0.3 is 0 Å². The second kappa shape index (κ2) is 11.4. The van der Waals surface area contributed by atoms with Crippen LogP contribution in [0.1, 0.15) is 47.3 Å². The highest BCUT2D eigenvalue weighted by atomic mass is 32.1. The molecule has 4 heterocycles. The summed E-state index contributed by atoms with van der Waals surface area (Å²) >= 11 is 2.86. The SMILES string of the molecule is O=C(CCn1cccn1)Nc1nnc(C[C@H]2CC[C@@H](c3nnc(NC(=O)Cc4ccccn4)s3)C2)s1. The van der Waals surface area contributed by atoms with E-state index in [9.17, 15) is 9.59 Å². The minimum atomic E-state index is -0.152. The van der Waals surface area contributed by atoms with Crippen LogP contribution in [0.2, 0.25) is 0 Å². The summed E-state index contributed by atoms with van der Waals surface area (Å²) in [7, 11) is 0. The smallest absolute Gasteiger partial charge is 0.232 e. The van der Waals surface area contributed by atoms with Crippen molar-refractivity contribution in [1.82, 2.24) is 35.2 Å². The van der Waals surface area contributed by atoms with Crippen molar-refractivity contribution < 1.29 is 9.59 Å². The number of aryl methyl sites for hydroxylation is 1. The van der Waals surface area contributed by atoms with E-state index >= 15 is 0 Å². The fourth-order valence-corrected chi connectivity index (χ4v) is 6.01. The molecule has 186 valence electrons. The van der Waals surface area contributed by atoms with E-state index in [1.165, 1.54) is 22.7 Å². The monoisotopic (exact) mass is 523 g/mol. The van der Waals surface area contributed by atoms with Crippen molar-refractivity contribution >= 4 is 44.8 Å². The second-order valence-electron chi connectivity index (χ2n) is 8.64. The zero-order chi connectivity index (χ0) is 24.7. The molecule has 1 saturated carbocycles. The van der Waals surface area contributed by atoms with Crippen molar-refractivity contribution in [3.05, 3.63) is 58.6 Å². The molecule has 1 aliphatic carbocycles. The fraction of sp³-hybridized carbons (Fsp3) is 0.391. The molecular formula is C23H25N9O2S2. The topological polar surface area (TPSA) is 140 Å². The lowest BCUT2D eigenvalue weighted by molar-refractivity contribution is -0.117. The number of amides is 2. The van der Waals surface area contributed by atoms with Crippen molar-refractivity contribution in [2.45, 2.75) is 51.0 Å². The van der Waals surface area contributed by atoms with E-state index in [4.69, 9.17) is 0 Å². The second-order valence-corrected chi connectivity index (χ2v) is 10.7. The predicted molar refractivity (Wildman–Crippen MR) is 136 cm³/mol. The summed E-state index contributed by atoms with van der Waals surface area (Å²) in [6, 6.07) is 7.33. The molecule has 0 spiro atoms. The minimum Gasteiger partial charge on any atom is -0.300 e. The molecule has 0 unspecified atom stereocenters. The Morgan fingerprint density at radius 3 is 2.67 bits per heavy atom. The third-order valence-electron chi connectivity index (χ3n) is 5.95. The summed E-state index contributed by atoms with van der Waals surface area (Å²) in [5.41, 5.74) is 0.715. The summed E-state index contributed by atoms with van der Waals surface area (Å²) < 4.78 is 1.72. The summed E-state index contributed by atoms with van der Waals surface area (Å²) in [4.78, 5) is 28.6. The number of hydrogen-bond donors (Lipinski definition) is 2. The molecule has 13 heteroatoms. The van der Waals surface area contributed by atoms with E-state index in [0.29, 0.717) is 40.8 Å². The number of aromatic nitrogens is 7. The Hall–Kier alpha value is -3.58. The first-order valence-electron chi connectivity index (χ1n) is 11.7. The number of anilines is 2. The van der Waals surface area contributed by atoms with Crippen LogP contribution in [0.3, 0.4) is 0 Å². The first kappa shape index (κ1) is 24.1. The molecule has 5 rings (SSSR count). The van der Waals surface area contributed by atoms with Gasteiger partial charge in [-0.25, -0.2) is 0 Å². The predicted octanol–water partition coefficient (Wildman–Crippen LogP) is 3.32. The minimum absolute atomic E-state index is 0.103. The molecule has 11 nitrogen and oxygen atoms in total. The van der Waals surface area contributed by atoms with Crippen LogP contribution in [0.25, 0.3) is 0 Å². The molecule has 2 atom stereocenters. The van der Waals surface area contributed by atoms with Crippen molar-refractivity contribution in [2.75, 3.05) is 10.6 Å². The lowest BCUT2D eigenvalue weighted by atomic mass is 10.0. The van der Waals surface area contributed by atoms with Gasteiger partial charge in [0.15, 0.2) is 0 Å². The van der Waals surface area contributed by atoms with Crippen LogP contribution in [0, 0.1) is 5.92 Å². The van der Waals surface area contributed by atoms with Gasteiger partial charge in [0.05, 0.1) is 6.42 Å². The van der Waals surface area contributed by atoms with Gasteiger partial charge in [0.1, 0.15) is 10.0 Å². The standard InChI is InChI=1S/C23H25N9O2S2/c33-18(7-11-32-10-3-9-25-32)26-22-30-28-20(35-22)13-15-5-6-16(12-15)21-29-31-23(36-21)27-19(34)14-17-4-1-2-8-24-17/h1-4,8-10,15-16H,5-7,11-14H2,(H,26,30,33)(H,27,31,34)/t15-,16+/m0/s1. The van der Waals surface area contributed by atoms with E-state index in [0.717, 1.165) is 35.7 Å². The van der Waals surface area contributed by atoms with E-state index in [1.807, 2.05) is 30.5 Å². The lowest BCUT2D eigenvalue weighted by Gasteiger charge is -2.07. The van der Waals surface area contributed by atoms with Crippen LogP contribution in [0.15, 0.2) is 42.9 Å². The van der Waals surface area contributed by atoms with Gasteiger partial charge in [-0.15, -0.1) is 20.4 Å². The number of hydrogen-bond acceptors (Lipinski definition) is 10. The Bertz CT molecular complexity index is 1290. The largest absolute Gasteiger partial charge is 0.300 e. The van der Waals surface area contributed by atoms with Gasteiger partial charge in [-0.3, -0.25) is 19.3 Å². The third-order valence-corrected chi connectivity index (χ3v) is 7.81. The lowest BCUT2D eigenvalue weighted by Crippen LogP contribution is -2.14. The Kier molecular flexibility index (Phi) is 7.67. The zero-order valence-corrected chi connectivity index (χ0v) is 21.0. The molecule has 0 saturated heterocycles. The maximum absolute atomic E-state index is 12.3. The van der Waals surface area contributed by atoms with Gasteiger partial charge in [0.2, 0.25) is 22.1 Å². The molecule has 2 amide bonds. The normalized spacial score (nSPS) is 17.2. The summed E-state index contributed by atoms with van der Waals surface area (Å²) in [6.45, 7) is 0.523.